The molecule has 0 fully saturated rings. The van der Waals surface area contributed by atoms with Crippen molar-refractivity contribution < 1.29 is 14.3 Å². The summed E-state index contributed by atoms with van der Waals surface area (Å²) in [5, 5.41) is 8.52. The minimum atomic E-state index is -1.09. The second kappa shape index (κ2) is 5.07. The van der Waals surface area contributed by atoms with Crippen LogP contribution in [0.15, 0.2) is 0 Å². The Kier molecular flexibility index (Phi) is 4.77. The Balaban J connectivity index is 4.09. The molecule has 0 aromatic carbocycles. The van der Waals surface area contributed by atoms with Crippen LogP contribution in [0.25, 0.3) is 0 Å². The molecule has 0 aromatic heterocycles. The molecule has 0 aliphatic carbocycles. The minimum absolute atomic E-state index is 0.567. The molecule has 1 N–H and O–H groups in total. The van der Waals surface area contributed by atoms with Gasteiger partial charge in [0.2, 0.25) is 0 Å². The second-order valence-corrected chi connectivity index (χ2v) is 2.23. The highest BCUT2D eigenvalue weighted by Crippen LogP contribution is 1.99. The van der Waals surface area contributed by atoms with E-state index >= 15 is 0 Å². The summed E-state index contributed by atoms with van der Waals surface area (Å²) in [5.41, 5.74) is 0. The van der Waals surface area contributed by atoms with Gasteiger partial charge in [-0.2, -0.15) is 0 Å². The summed E-state index contributed by atoms with van der Waals surface area (Å²) in [6, 6.07) is -0.968. The number of aliphatic carboxylic acids is 1. The fourth-order valence-electron chi connectivity index (χ4n) is 0.984. The number of alkyl halides is 1. The van der Waals surface area contributed by atoms with Crippen LogP contribution in [0.5, 0.6) is 0 Å². The minimum Gasteiger partial charge on any atom is -0.480 e. The Morgan fingerprint density at radius 3 is 2.09 bits per heavy atom. The number of nitrogens with zero attached hydrogens (tertiary/aromatic N) is 1. The van der Waals surface area contributed by atoms with Crippen LogP contribution < -0.4 is 0 Å². The summed E-state index contributed by atoms with van der Waals surface area (Å²) >= 11 is 0. The second-order valence-electron chi connectivity index (χ2n) is 2.23. The molecule has 11 heavy (non-hydrogen) atoms. The van der Waals surface area contributed by atoms with Crippen molar-refractivity contribution in [3.05, 3.63) is 0 Å². The van der Waals surface area contributed by atoms with Crippen LogP contribution in [0, 0.1) is 0 Å². The molecule has 0 aliphatic heterocycles. The average molecular weight is 163 g/mol. The van der Waals surface area contributed by atoms with Crippen molar-refractivity contribution in [3.63, 3.8) is 0 Å². The summed E-state index contributed by atoms with van der Waals surface area (Å²) in [5.74, 6) is -1.09. The first-order valence-electron chi connectivity index (χ1n) is 3.70. The first kappa shape index (κ1) is 10.4. The van der Waals surface area contributed by atoms with Gasteiger partial charge in [-0.1, -0.05) is 13.8 Å². The molecule has 0 radical (unpaired) electrons. The zero-order valence-corrected chi connectivity index (χ0v) is 6.88. The third-order valence-corrected chi connectivity index (χ3v) is 1.68. The van der Waals surface area contributed by atoms with E-state index in [2.05, 4.69) is 0 Å². The van der Waals surface area contributed by atoms with E-state index in [0.717, 1.165) is 0 Å². The van der Waals surface area contributed by atoms with Crippen molar-refractivity contribution in [2.45, 2.75) is 19.9 Å². The number of hydrogen-bond donors (Lipinski definition) is 1. The van der Waals surface area contributed by atoms with E-state index in [1.54, 1.807) is 4.90 Å². The zero-order valence-electron chi connectivity index (χ0n) is 6.88. The van der Waals surface area contributed by atoms with Gasteiger partial charge in [0.05, 0.1) is 0 Å². The van der Waals surface area contributed by atoms with Gasteiger partial charge in [-0.25, -0.2) is 4.39 Å². The molecule has 0 aliphatic rings. The predicted octanol–water partition coefficient (Wildman–Crippen LogP) is 0.751. The van der Waals surface area contributed by atoms with Gasteiger partial charge in [0.1, 0.15) is 12.7 Å². The number of carbonyl (C=O) groups is 1. The Hall–Kier alpha value is -0.640. The number of halogens is 1. The summed E-state index contributed by atoms with van der Waals surface area (Å²) in [7, 11) is 0. The molecule has 0 heterocycles. The SMILES string of the molecule is CCN(CC)[C@@H](CF)C(=O)O. The van der Waals surface area contributed by atoms with E-state index in [1.807, 2.05) is 13.8 Å². The first-order valence-corrected chi connectivity index (χ1v) is 3.70. The lowest BCUT2D eigenvalue weighted by molar-refractivity contribution is -0.143. The Morgan fingerprint density at radius 1 is 1.55 bits per heavy atom. The molecule has 1 atom stereocenters. The fourth-order valence-corrected chi connectivity index (χ4v) is 0.984. The fraction of sp³-hybridized carbons (Fsp3) is 0.857. The van der Waals surface area contributed by atoms with Gasteiger partial charge in [-0.15, -0.1) is 0 Å². The van der Waals surface area contributed by atoms with Gasteiger partial charge in [0, 0.05) is 0 Å². The number of carboxylic acids is 1. The van der Waals surface area contributed by atoms with E-state index < -0.39 is 18.7 Å². The highest BCUT2D eigenvalue weighted by Gasteiger charge is 2.22. The molecule has 0 unspecified atom stereocenters. The summed E-state index contributed by atoms with van der Waals surface area (Å²) < 4.78 is 12.1. The molecular weight excluding hydrogens is 149 g/mol. The molecule has 0 amide bonds. The van der Waals surface area contributed by atoms with Crippen LogP contribution >= 0.6 is 0 Å². The summed E-state index contributed by atoms with van der Waals surface area (Å²) in [4.78, 5) is 12.0. The van der Waals surface area contributed by atoms with Gasteiger partial charge in [0.25, 0.3) is 0 Å². The number of likely N-dealkylation sites (N-methyl/N-ethyl adjacent to an activating group) is 1. The smallest absolute Gasteiger partial charge is 0.323 e. The van der Waals surface area contributed by atoms with Crippen LogP contribution in [0.4, 0.5) is 4.39 Å². The lowest BCUT2D eigenvalue weighted by Gasteiger charge is -2.23. The van der Waals surface area contributed by atoms with Crippen LogP contribution in [0.3, 0.4) is 0 Å². The Labute approximate surface area is 65.8 Å². The first-order chi connectivity index (χ1) is 5.17. The van der Waals surface area contributed by atoms with Crippen molar-refractivity contribution in [1.29, 1.82) is 0 Å². The van der Waals surface area contributed by atoms with Crippen LogP contribution in [-0.4, -0.2) is 41.8 Å². The van der Waals surface area contributed by atoms with Crippen molar-refractivity contribution in [1.82, 2.24) is 4.90 Å². The van der Waals surface area contributed by atoms with Gasteiger partial charge in [0.15, 0.2) is 0 Å². The average Bonchev–Trinajstić information content (AvgIpc) is 1.99. The number of carboxylic acid groups (broad SMARTS) is 1. The standard InChI is InChI=1S/C7H14FNO2/c1-3-9(4-2)6(5-8)7(10)11/h6H,3-5H2,1-2H3,(H,10,11)/t6-/m0/s1. The van der Waals surface area contributed by atoms with Crippen molar-refractivity contribution in [3.8, 4) is 0 Å². The largest absolute Gasteiger partial charge is 0.480 e. The predicted molar refractivity (Wildman–Crippen MR) is 40.3 cm³/mol. The molecule has 0 spiro atoms. The maximum absolute atomic E-state index is 12.1. The highest BCUT2D eigenvalue weighted by atomic mass is 19.1. The van der Waals surface area contributed by atoms with E-state index in [0.29, 0.717) is 13.1 Å². The highest BCUT2D eigenvalue weighted by molar-refractivity contribution is 5.73. The van der Waals surface area contributed by atoms with E-state index in [-0.39, 0.29) is 0 Å². The van der Waals surface area contributed by atoms with Crippen molar-refractivity contribution in [2.24, 2.45) is 0 Å². The lowest BCUT2D eigenvalue weighted by atomic mass is 10.3. The third kappa shape index (κ3) is 2.84. The molecule has 0 rings (SSSR count). The normalized spacial score (nSPS) is 13.5. The number of rotatable bonds is 5. The molecule has 0 saturated heterocycles. The molecular formula is C7H14FNO2. The van der Waals surface area contributed by atoms with Crippen LogP contribution in [-0.2, 0) is 4.79 Å². The number of hydrogen-bond acceptors (Lipinski definition) is 2. The third-order valence-electron chi connectivity index (χ3n) is 1.68. The van der Waals surface area contributed by atoms with Crippen LogP contribution in [0.2, 0.25) is 0 Å². The maximum Gasteiger partial charge on any atom is 0.323 e. The van der Waals surface area contributed by atoms with E-state index in [1.165, 1.54) is 0 Å². The molecule has 3 nitrogen and oxygen atoms in total. The monoisotopic (exact) mass is 163 g/mol. The molecule has 0 bridgehead atoms. The molecule has 4 heteroatoms. The Bertz CT molecular complexity index is 126. The Morgan fingerprint density at radius 2 is 2.00 bits per heavy atom. The summed E-state index contributed by atoms with van der Waals surface area (Å²) in [6.07, 6.45) is 0. The lowest BCUT2D eigenvalue weighted by Crippen LogP contribution is -2.42. The summed E-state index contributed by atoms with van der Waals surface area (Å²) in [6.45, 7) is 3.94. The molecule has 0 saturated carbocycles. The molecule has 66 valence electrons. The van der Waals surface area contributed by atoms with Crippen LogP contribution in [0.1, 0.15) is 13.8 Å². The van der Waals surface area contributed by atoms with Gasteiger partial charge in [-0.05, 0) is 13.1 Å². The van der Waals surface area contributed by atoms with Gasteiger partial charge < -0.3 is 5.11 Å². The van der Waals surface area contributed by atoms with Crippen molar-refractivity contribution in [2.75, 3.05) is 19.8 Å². The van der Waals surface area contributed by atoms with Gasteiger partial charge >= 0.3 is 5.97 Å². The molecule has 0 aromatic rings. The van der Waals surface area contributed by atoms with Gasteiger partial charge in [-0.3, -0.25) is 9.69 Å². The van der Waals surface area contributed by atoms with Crippen molar-refractivity contribution >= 4 is 5.97 Å². The van der Waals surface area contributed by atoms with E-state index in [4.69, 9.17) is 5.11 Å². The zero-order chi connectivity index (χ0) is 8.85. The topological polar surface area (TPSA) is 40.5 Å². The maximum atomic E-state index is 12.1. The quantitative estimate of drug-likeness (QED) is 0.650. The van der Waals surface area contributed by atoms with E-state index in [9.17, 15) is 9.18 Å².